The minimum atomic E-state index is 0. The van der Waals surface area contributed by atoms with E-state index in [2.05, 4.69) is 34.4 Å². The normalized spacial score (nSPS) is 14.7. The van der Waals surface area contributed by atoms with Gasteiger partial charge in [0.2, 0.25) is 5.95 Å². The number of aromatic nitrogens is 2. The molecule has 0 amide bonds. The van der Waals surface area contributed by atoms with Crippen molar-refractivity contribution >= 4 is 5.95 Å². The molecule has 4 nitrogen and oxygen atoms in total. The SMILES string of the molecule is CC.CCC.[HH].c1cnc(NC2CCNCC2)nc1. The zero-order valence-corrected chi connectivity index (χ0v) is 12.2. The Kier molecular flexibility index (Phi) is 11.5. The third-order valence-electron chi connectivity index (χ3n) is 2.24. The lowest BCUT2D eigenvalue weighted by Gasteiger charge is -2.23. The largest absolute Gasteiger partial charge is 0.351 e. The van der Waals surface area contributed by atoms with Crippen molar-refractivity contribution in [2.45, 2.75) is 53.0 Å². The summed E-state index contributed by atoms with van der Waals surface area (Å²) in [6.07, 6.45) is 7.07. The van der Waals surface area contributed by atoms with Gasteiger partial charge in [-0.15, -0.1) is 0 Å². The van der Waals surface area contributed by atoms with Crippen molar-refractivity contribution in [3.63, 3.8) is 0 Å². The lowest BCUT2D eigenvalue weighted by atomic mass is 10.1. The molecule has 0 aromatic carbocycles. The lowest BCUT2D eigenvalue weighted by molar-refractivity contribution is 0.477. The zero-order chi connectivity index (χ0) is 13.6. The smallest absolute Gasteiger partial charge is 0.222 e. The monoisotopic (exact) mass is 254 g/mol. The van der Waals surface area contributed by atoms with Gasteiger partial charge in [0.25, 0.3) is 0 Å². The van der Waals surface area contributed by atoms with E-state index in [-0.39, 0.29) is 1.43 Å². The molecular formula is C14H30N4. The Morgan fingerprint density at radius 2 is 1.72 bits per heavy atom. The van der Waals surface area contributed by atoms with E-state index >= 15 is 0 Å². The first kappa shape index (κ1) is 16.8. The summed E-state index contributed by atoms with van der Waals surface area (Å²) in [4.78, 5) is 8.26. The van der Waals surface area contributed by atoms with Gasteiger partial charge >= 0.3 is 0 Å². The summed E-state index contributed by atoms with van der Waals surface area (Å²) >= 11 is 0. The molecule has 2 N–H and O–H groups in total. The van der Waals surface area contributed by atoms with Gasteiger partial charge in [0.05, 0.1) is 0 Å². The predicted molar refractivity (Wildman–Crippen MR) is 81.0 cm³/mol. The molecule has 1 aromatic heterocycles. The summed E-state index contributed by atoms with van der Waals surface area (Å²) in [5.74, 6) is 0.745. The van der Waals surface area contributed by atoms with Crippen molar-refractivity contribution in [2.75, 3.05) is 18.4 Å². The average Bonchev–Trinajstić information content (AvgIpc) is 2.44. The maximum Gasteiger partial charge on any atom is 0.222 e. The summed E-state index contributed by atoms with van der Waals surface area (Å²) in [5.41, 5.74) is 0. The number of anilines is 1. The van der Waals surface area contributed by atoms with Crippen LogP contribution in [-0.4, -0.2) is 29.1 Å². The Balaban J connectivity index is 0. The molecular weight excluding hydrogens is 224 g/mol. The molecule has 2 rings (SSSR count). The van der Waals surface area contributed by atoms with Gasteiger partial charge in [-0.2, -0.15) is 0 Å². The standard InChI is InChI=1S/C9H14N4.C3H8.C2H6.H2/c1-4-11-9(12-5-1)13-8-2-6-10-7-3-8;1-3-2;1-2;/h1,4-5,8,10H,2-3,6-7H2,(H,11,12,13);3H2,1-2H3;1-2H3;1H. The molecule has 1 aliphatic rings. The highest BCUT2D eigenvalue weighted by Crippen LogP contribution is 2.07. The third-order valence-corrected chi connectivity index (χ3v) is 2.24. The maximum atomic E-state index is 4.13. The highest BCUT2D eigenvalue weighted by molar-refractivity contribution is 5.24. The van der Waals surface area contributed by atoms with E-state index in [0.717, 1.165) is 31.9 Å². The first-order valence-electron chi connectivity index (χ1n) is 7.11. The molecule has 1 aliphatic heterocycles. The van der Waals surface area contributed by atoms with E-state index in [4.69, 9.17) is 0 Å². The summed E-state index contributed by atoms with van der Waals surface area (Å²) in [5, 5.41) is 6.64. The first-order valence-corrected chi connectivity index (χ1v) is 7.11. The van der Waals surface area contributed by atoms with Gasteiger partial charge in [0, 0.05) is 19.9 Å². The summed E-state index contributed by atoms with van der Waals surface area (Å²) in [7, 11) is 0. The van der Waals surface area contributed by atoms with Crippen LogP contribution in [0.2, 0.25) is 0 Å². The Morgan fingerprint density at radius 1 is 1.22 bits per heavy atom. The Hall–Kier alpha value is -1.16. The van der Waals surface area contributed by atoms with Crippen LogP contribution in [0.25, 0.3) is 0 Å². The summed E-state index contributed by atoms with van der Waals surface area (Å²) < 4.78 is 0. The van der Waals surface area contributed by atoms with Gasteiger partial charge in [-0.25, -0.2) is 9.97 Å². The zero-order valence-electron chi connectivity index (χ0n) is 12.2. The molecule has 0 spiro atoms. The third kappa shape index (κ3) is 8.01. The second-order valence-corrected chi connectivity index (χ2v) is 3.95. The second-order valence-electron chi connectivity index (χ2n) is 3.95. The Morgan fingerprint density at radius 3 is 2.22 bits per heavy atom. The van der Waals surface area contributed by atoms with Crippen molar-refractivity contribution in [2.24, 2.45) is 0 Å². The molecule has 2 heterocycles. The quantitative estimate of drug-likeness (QED) is 0.850. The van der Waals surface area contributed by atoms with Crippen molar-refractivity contribution in [3.8, 4) is 0 Å². The molecule has 0 bridgehead atoms. The van der Waals surface area contributed by atoms with Gasteiger partial charge < -0.3 is 10.6 Å². The minimum Gasteiger partial charge on any atom is -0.351 e. The van der Waals surface area contributed by atoms with Crippen LogP contribution in [0.3, 0.4) is 0 Å². The summed E-state index contributed by atoms with van der Waals surface area (Å²) in [6, 6.07) is 2.36. The number of piperidine rings is 1. The van der Waals surface area contributed by atoms with Crippen LogP contribution in [0.1, 0.15) is 48.4 Å². The van der Waals surface area contributed by atoms with Gasteiger partial charge in [0.1, 0.15) is 0 Å². The number of nitrogens with zero attached hydrogens (tertiary/aromatic N) is 2. The molecule has 0 atom stereocenters. The minimum absolute atomic E-state index is 0. The van der Waals surface area contributed by atoms with Crippen LogP contribution in [0.4, 0.5) is 5.95 Å². The molecule has 1 saturated heterocycles. The van der Waals surface area contributed by atoms with E-state index in [1.165, 1.54) is 6.42 Å². The second kappa shape index (κ2) is 12.3. The van der Waals surface area contributed by atoms with E-state index in [1.54, 1.807) is 12.4 Å². The fourth-order valence-electron chi connectivity index (χ4n) is 1.52. The van der Waals surface area contributed by atoms with E-state index < -0.39 is 0 Å². The van der Waals surface area contributed by atoms with Crippen LogP contribution >= 0.6 is 0 Å². The van der Waals surface area contributed by atoms with Crippen LogP contribution in [0.15, 0.2) is 18.5 Å². The van der Waals surface area contributed by atoms with Gasteiger partial charge in [-0.3, -0.25) is 0 Å². The number of hydrogen-bond donors (Lipinski definition) is 2. The molecule has 1 fully saturated rings. The van der Waals surface area contributed by atoms with E-state index in [1.807, 2.05) is 19.9 Å². The van der Waals surface area contributed by atoms with Crippen molar-refractivity contribution in [1.29, 1.82) is 0 Å². The van der Waals surface area contributed by atoms with E-state index in [0.29, 0.717) is 6.04 Å². The topological polar surface area (TPSA) is 49.8 Å². The Labute approximate surface area is 113 Å². The van der Waals surface area contributed by atoms with Crippen molar-refractivity contribution in [1.82, 2.24) is 15.3 Å². The van der Waals surface area contributed by atoms with Crippen molar-refractivity contribution in [3.05, 3.63) is 18.5 Å². The first-order chi connectivity index (χ1) is 8.86. The van der Waals surface area contributed by atoms with Crippen LogP contribution < -0.4 is 10.6 Å². The molecule has 0 aliphatic carbocycles. The summed E-state index contributed by atoms with van der Waals surface area (Å²) in [6.45, 7) is 10.4. The predicted octanol–water partition coefficient (Wildman–Crippen LogP) is 3.33. The van der Waals surface area contributed by atoms with Gasteiger partial charge in [-0.05, 0) is 32.0 Å². The van der Waals surface area contributed by atoms with Gasteiger partial charge in [0.15, 0.2) is 0 Å². The molecule has 4 heteroatoms. The maximum absolute atomic E-state index is 4.13. The van der Waals surface area contributed by atoms with Gasteiger partial charge in [-0.1, -0.05) is 34.1 Å². The van der Waals surface area contributed by atoms with E-state index in [9.17, 15) is 0 Å². The molecule has 0 saturated carbocycles. The fraction of sp³-hybridized carbons (Fsp3) is 0.714. The number of nitrogens with one attached hydrogen (secondary N) is 2. The molecule has 18 heavy (non-hydrogen) atoms. The molecule has 1 aromatic rings. The van der Waals surface area contributed by atoms with Crippen LogP contribution in [0, 0.1) is 0 Å². The highest BCUT2D eigenvalue weighted by Gasteiger charge is 2.12. The number of rotatable bonds is 2. The lowest BCUT2D eigenvalue weighted by Crippen LogP contribution is -2.35. The van der Waals surface area contributed by atoms with Crippen LogP contribution in [-0.2, 0) is 0 Å². The average molecular weight is 254 g/mol. The molecule has 0 radical (unpaired) electrons. The molecule has 0 unspecified atom stereocenters. The fourth-order valence-corrected chi connectivity index (χ4v) is 1.52. The van der Waals surface area contributed by atoms with Crippen LogP contribution in [0.5, 0.6) is 0 Å². The number of hydrogen-bond acceptors (Lipinski definition) is 4. The Bertz CT molecular complexity index is 263. The highest BCUT2D eigenvalue weighted by atomic mass is 15.1. The molecule has 106 valence electrons. The van der Waals surface area contributed by atoms with Crippen molar-refractivity contribution < 1.29 is 1.43 Å².